The molecule has 1 atom stereocenters. The molecule has 6 nitrogen and oxygen atoms in total. The predicted molar refractivity (Wildman–Crippen MR) is 102 cm³/mol. The largest absolute Gasteiger partial charge is 0.356 e. The number of hydrogen-bond acceptors (Lipinski definition) is 4. The van der Waals surface area contributed by atoms with Crippen molar-refractivity contribution in [2.24, 2.45) is 7.05 Å². The van der Waals surface area contributed by atoms with Crippen LogP contribution in [-0.4, -0.2) is 33.5 Å². The number of rotatable bonds is 4. The van der Waals surface area contributed by atoms with Crippen molar-refractivity contribution >= 4 is 22.8 Å². The van der Waals surface area contributed by atoms with E-state index >= 15 is 0 Å². The Kier molecular flexibility index (Phi) is 4.32. The first-order valence-corrected chi connectivity index (χ1v) is 9.07. The minimum absolute atomic E-state index is 0.112. The van der Waals surface area contributed by atoms with Crippen molar-refractivity contribution < 1.29 is 4.79 Å². The predicted octanol–water partition coefficient (Wildman–Crippen LogP) is 3.06. The fourth-order valence-corrected chi connectivity index (χ4v) is 3.65. The maximum absolute atomic E-state index is 12.9. The summed E-state index contributed by atoms with van der Waals surface area (Å²) < 4.78 is 2.03. The van der Waals surface area contributed by atoms with Crippen molar-refractivity contribution in [3.8, 4) is 0 Å². The second-order valence-corrected chi connectivity index (χ2v) is 6.78. The molecule has 1 N–H and O–H groups in total. The molecule has 0 spiro atoms. The Labute approximate surface area is 152 Å². The Morgan fingerprint density at radius 1 is 1.15 bits per heavy atom. The Morgan fingerprint density at radius 2 is 1.92 bits per heavy atom. The maximum Gasteiger partial charge on any atom is 0.255 e. The average Bonchev–Trinajstić information content (AvgIpc) is 3.30. The summed E-state index contributed by atoms with van der Waals surface area (Å²) in [5.41, 5.74) is 2.62. The van der Waals surface area contributed by atoms with E-state index in [9.17, 15) is 4.79 Å². The van der Waals surface area contributed by atoms with E-state index in [1.165, 1.54) is 0 Å². The van der Waals surface area contributed by atoms with Crippen molar-refractivity contribution in [2.45, 2.75) is 25.8 Å². The molecule has 2 aromatic heterocycles. The number of hydrogen-bond donors (Lipinski definition) is 1. The number of para-hydroxylation sites is 2. The van der Waals surface area contributed by atoms with Crippen LogP contribution < -0.4 is 10.2 Å². The lowest BCUT2D eigenvalue weighted by Gasteiger charge is -2.20. The summed E-state index contributed by atoms with van der Waals surface area (Å²) in [5.74, 6) is 1.51. The number of pyridine rings is 1. The van der Waals surface area contributed by atoms with Gasteiger partial charge >= 0.3 is 0 Å². The first-order chi connectivity index (χ1) is 12.6. The lowest BCUT2D eigenvalue weighted by Crippen LogP contribution is -2.31. The number of nitrogens with zero attached hydrogens (tertiary/aromatic N) is 4. The molecule has 6 heteroatoms. The van der Waals surface area contributed by atoms with E-state index < -0.39 is 0 Å². The molecule has 4 rings (SSSR count). The van der Waals surface area contributed by atoms with E-state index in [2.05, 4.69) is 20.2 Å². The summed E-state index contributed by atoms with van der Waals surface area (Å²) in [5, 5.41) is 3.09. The summed E-state index contributed by atoms with van der Waals surface area (Å²) in [6, 6.07) is 11.4. The topological polar surface area (TPSA) is 63.1 Å². The third-order valence-corrected chi connectivity index (χ3v) is 4.99. The van der Waals surface area contributed by atoms with Crippen molar-refractivity contribution in [3.63, 3.8) is 0 Å². The van der Waals surface area contributed by atoms with Gasteiger partial charge in [-0.25, -0.2) is 9.97 Å². The first kappa shape index (κ1) is 16.6. The fourth-order valence-electron chi connectivity index (χ4n) is 3.65. The van der Waals surface area contributed by atoms with Crippen molar-refractivity contribution in [2.75, 3.05) is 18.0 Å². The summed E-state index contributed by atoms with van der Waals surface area (Å²) in [6.07, 6.45) is 4.04. The molecular weight excluding hydrogens is 326 g/mol. The van der Waals surface area contributed by atoms with Crippen LogP contribution in [0.15, 0.2) is 42.6 Å². The molecule has 134 valence electrons. The van der Waals surface area contributed by atoms with Gasteiger partial charge in [0, 0.05) is 26.3 Å². The number of carbonyl (C=O) groups excluding carboxylic acids is 1. The highest BCUT2D eigenvalue weighted by Crippen LogP contribution is 2.23. The van der Waals surface area contributed by atoms with Gasteiger partial charge in [0.2, 0.25) is 0 Å². The molecule has 1 aromatic carbocycles. The number of nitrogens with one attached hydrogen (secondary N) is 1. The standard InChI is InChI=1S/C20H23N5O/c1-14(18-23-16-9-3-4-10-17(16)24(18)2)22-20(26)15-8-7-11-21-19(15)25-12-5-6-13-25/h3-4,7-11,14H,5-6,12-13H2,1-2H3,(H,22,26). The highest BCUT2D eigenvalue weighted by atomic mass is 16.1. The van der Waals surface area contributed by atoms with Gasteiger partial charge in [-0.3, -0.25) is 4.79 Å². The Hall–Kier alpha value is -2.89. The third kappa shape index (κ3) is 2.92. The van der Waals surface area contributed by atoms with Crippen LogP contribution in [0.2, 0.25) is 0 Å². The van der Waals surface area contributed by atoms with E-state index in [-0.39, 0.29) is 11.9 Å². The highest BCUT2D eigenvalue weighted by Gasteiger charge is 2.23. The molecule has 1 unspecified atom stereocenters. The number of benzene rings is 1. The number of aryl methyl sites for hydroxylation is 1. The van der Waals surface area contributed by atoms with Crippen LogP contribution in [0.3, 0.4) is 0 Å². The highest BCUT2D eigenvalue weighted by molar-refractivity contribution is 5.99. The lowest BCUT2D eigenvalue weighted by molar-refractivity contribution is 0.0938. The summed E-state index contributed by atoms with van der Waals surface area (Å²) in [4.78, 5) is 24.2. The second kappa shape index (κ2) is 6.78. The van der Waals surface area contributed by atoms with Crippen LogP contribution in [0.1, 0.15) is 42.0 Å². The number of anilines is 1. The van der Waals surface area contributed by atoms with E-state index in [1.807, 2.05) is 54.9 Å². The molecule has 1 fully saturated rings. The summed E-state index contributed by atoms with van der Waals surface area (Å²) in [6.45, 7) is 3.88. The van der Waals surface area contributed by atoms with Gasteiger partial charge < -0.3 is 14.8 Å². The van der Waals surface area contributed by atoms with E-state index in [0.29, 0.717) is 5.56 Å². The molecule has 1 amide bonds. The zero-order valence-electron chi connectivity index (χ0n) is 15.1. The quantitative estimate of drug-likeness (QED) is 0.786. The van der Waals surface area contributed by atoms with Gasteiger partial charge in [-0.15, -0.1) is 0 Å². The van der Waals surface area contributed by atoms with Crippen LogP contribution in [0.4, 0.5) is 5.82 Å². The first-order valence-electron chi connectivity index (χ1n) is 9.07. The Morgan fingerprint density at radius 3 is 2.69 bits per heavy atom. The Balaban J connectivity index is 1.59. The maximum atomic E-state index is 12.9. The van der Waals surface area contributed by atoms with Gasteiger partial charge in [0.15, 0.2) is 0 Å². The van der Waals surface area contributed by atoms with Crippen molar-refractivity contribution in [1.82, 2.24) is 19.9 Å². The zero-order chi connectivity index (χ0) is 18.1. The fraction of sp³-hybridized carbons (Fsp3) is 0.350. The minimum Gasteiger partial charge on any atom is -0.356 e. The van der Waals surface area contributed by atoms with Crippen LogP contribution in [-0.2, 0) is 7.05 Å². The molecule has 26 heavy (non-hydrogen) atoms. The molecule has 3 heterocycles. The molecule has 0 saturated carbocycles. The van der Waals surface area contributed by atoms with E-state index in [4.69, 9.17) is 0 Å². The molecular formula is C20H23N5O. The normalized spacial score (nSPS) is 15.4. The van der Waals surface area contributed by atoms with Crippen molar-refractivity contribution in [1.29, 1.82) is 0 Å². The molecule has 0 bridgehead atoms. The number of fused-ring (bicyclic) bond motifs is 1. The smallest absolute Gasteiger partial charge is 0.255 e. The summed E-state index contributed by atoms with van der Waals surface area (Å²) in [7, 11) is 1.98. The molecule has 1 saturated heterocycles. The van der Waals surface area contributed by atoms with Gasteiger partial charge in [-0.2, -0.15) is 0 Å². The van der Waals surface area contributed by atoms with Crippen LogP contribution in [0, 0.1) is 0 Å². The van der Waals surface area contributed by atoms with E-state index in [1.54, 1.807) is 6.20 Å². The van der Waals surface area contributed by atoms with Crippen LogP contribution in [0.25, 0.3) is 11.0 Å². The van der Waals surface area contributed by atoms with Gasteiger partial charge in [0.25, 0.3) is 5.91 Å². The number of aromatic nitrogens is 3. The number of imidazole rings is 1. The number of amides is 1. The third-order valence-electron chi connectivity index (χ3n) is 4.99. The van der Waals surface area contributed by atoms with Gasteiger partial charge in [0.05, 0.1) is 22.6 Å². The molecule has 1 aliphatic rings. The lowest BCUT2D eigenvalue weighted by atomic mass is 10.2. The number of carbonyl (C=O) groups is 1. The van der Waals surface area contributed by atoms with Crippen LogP contribution >= 0.6 is 0 Å². The molecule has 3 aromatic rings. The van der Waals surface area contributed by atoms with Gasteiger partial charge in [-0.05, 0) is 44.0 Å². The van der Waals surface area contributed by atoms with Crippen molar-refractivity contribution in [3.05, 3.63) is 54.0 Å². The average molecular weight is 349 g/mol. The molecule has 0 radical (unpaired) electrons. The van der Waals surface area contributed by atoms with Gasteiger partial charge in [0.1, 0.15) is 11.6 Å². The molecule has 0 aliphatic carbocycles. The molecule has 1 aliphatic heterocycles. The zero-order valence-corrected chi connectivity index (χ0v) is 15.1. The minimum atomic E-state index is -0.202. The van der Waals surface area contributed by atoms with Gasteiger partial charge in [-0.1, -0.05) is 12.1 Å². The van der Waals surface area contributed by atoms with Crippen LogP contribution in [0.5, 0.6) is 0 Å². The SMILES string of the molecule is CC(NC(=O)c1cccnc1N1CCCC1)c1nc2ccccc2n1C. The Bertz CT molecular complexity index is 942. The van der Waals surface area contributed by atoms with E-state index in [0.717, 1.165) is 48.6 Å². The summed E-state index contributed by atoms with van der Waals surface area (Å²) >= 11 is 0. The second-order valence-electron chi connectivity index (χ2n) is 6.78. The monoisotopic (exact) mass is 349 g/mol.